The Labute approximate surface area is 108 Å². The fraction of sp³-hybridized carbons (Fsp3) is 0.538. The average Bonchev–Trinajstić information content (AvgIpc) is 2.24. The molecule has 0 aliphatic rings. The maximum Gasteiger partial charge on any atom is 0.116 e. The molecule has 0 radical (unpaired) electrons. The topological polar surface area (TPSA) is 32.7 Å². The highest BCUT2D eigenvalue weighted by molar-refractivity contribution is 7.97. The quantitative estimate of drug-likeness (QED) is 0.626. The summed E-state index contributed by atoms with van der Waals surface area (Å²) in [6, 6.07) is 3.59. The van der Waals surface area contributed by atoms with Gasteiger partial charge in [0.2, 0.25) is 0 Å². The third-order valence-corrected chi connectivity index (χ3v) is 3.77. The van der Waals surface area contributed by atoms with Gasteiger partial charge in [-0.3, -0.25) is 0 Å². The maximum atomic E-state index is 9.48. The zero-order valence-electron chi connectivity index (χ0n) is 11.0. The molecular weight excluding hydrogens is 234 g/mol. The predicted octanol–water partition coefficient (Wildman–Crippen LogP) is 2.98. The first kappa shape index (κ1) is 14.4. The zero-order valence-corrected chi connectivity index (χ0v) is 11.8. The van der Waals surface area contributed by atoms with Gasteiger partial charge < -0.3 is 9.84 Å². The van der Waals surface area contributed by atoms with Crippen LogP contribution < -0.4 is 0 Å². The van der Waals surface area contributed by atoms with E-state index in [1.165, 1.54) is 4.90 Å². The Morgan fingerprint density at radius 2 is 1.88 bits per heavy atom. The number of ether oxygens (including phenoxy) is 1. The van der Waals surface area contributed by atoms with Gasteiger partial charge in [0.05, 0.1) is 6.61 Å². The van der Waals surface area contributed by atoms with Crippen LogP contribution in [0.25, 0.3) is 0 Å². The first-order valence-electron chi connectivity index (χ1n) is 5.81. The Balaban J connectivity index is 2.61. The molecule has 0 aromatic heterocycles. The van der Waals surface area contributed by atoms with E-state index in [0.29, 0.717) is 5.75 Å². The van der Waals surface area contributed by atoms with E-state index in [4.69, 9.17) is 4.74 Å². The molecule has 0 heterocycles. The SMILES string of the molecule is CCOCCN(C)Sc1c(C)cc(O)cc1C. The van der Waals surface area contributed by atoms with Gasteiger partial charge in [-0.1, -0.05) is 0 Å². The van der Waals surface area contributed by atoms with Gasteiger partial charge in [-0.2, -0.15) is 0 Å². The van der Waals surface area contributed by atoms with Gasteiger partial charge in [0.1, 0.15) is 5.75 Å². The van der Waals surface area contributed by atoms with E-state index in [1.54, 1.807) is 24.1 Å². The molecule has 0 amide bonds. The van der Waals surface area contributed by atoms with E-state index in [1.807, 2.05) is 20.8 Å². The van der Waals surface area contributed by atoms with E-state index in [9.17, 15) is 5.11 Å². The van der Waals surface area contributed by atoms with Crippen molar-refractivity contribution >= 4 is 11.9 Å². The van der Waals surface area contributed by atoms with Crippen LogP contribution in [0, 0.1) is 13.8 Å². The van der Waals surface area contributed by atoms with Crippen LogP contribution in [0.15, 0.2) is 17.0 Å². The number of phenols is 1. The lowest BCUT2D eigenvalue weighted by Gasteiger charge is -2.18. The van der Waals surface area contributed by atoms with Crippen molar-refractivity contribution in [3.63, 3.8) is 0 Å². The summed E-state index contributed by atoms with van der Waals surface area (Å²) >= 11 is 1.70. The molecule has 0 saturated heterocycles. The minimum Gasteiger partial charge on any atom is -0.508 e. The summed E-state index contributed by atoms with van der Waals surface area (Å²) in [5.74, 6) is 0.335. The fourth-order valence-corrected chi connectivity index (χ4v) is 2.49. The molecule has 96 valence electrons. The minimum absolute atomic E-state index is 0.335. The van der Waals surface area contributed by atoms with Crippen LogP contribution in [-0.2, 0) is 4.74 Å². The van der Waals surface area contributed by atoms with Crippen LogP contribution in [0.1, 0.15) is 18.1 Å². The van der Waals surface area contributed by atoms with Crippen LogP contribution in [0.4, 0.5) is 0 Å². The third kappa shape index (κ3) is 4.58. The molecule has 0 saturated carbocycles. The number of nitrogens with zero attached hydrogens (tertiary/aromatic N) is 1. The summed E-state index contributed by atoms with van der Waals surface area (Å²) < 4.78 is 7.48. The first-order valence-corrected chi connectivity index (χ1v) is 6.59. The van der Waals surface area contributed by atoms with E-state index in [0.717, 1.165) is 30.9 Å². The molecule has 0 atom stereocenters. The molecular formula is C13H21NO2S. The summed E-state index contributed by atoms with van der Waals surface area (Å²) in [4.78, 5) is 1.21. The molecule has 3 nitrogen and oxygen atoms in total. The lowest BCUT2D eigenvalue weighted by molar-refractivity contribution is 0.140. The summed E-state index contributed by atoms with van der Waals surface area (Å²) in [6.07, 6.45) is 0. The Hall–Kier alpha value is -0.710. The van der Waals surface area contributed by atoms with Gasteiger partial charge in [-0.05, 0) is 63.0 Å². The molecule has 0 spiro atoms. The van der Waals surface area contributed by atoms with E-state index < -0.39 is 0 Å². The molecule has 0 bridgehead atoms. The standard InChI is InChI=1S/C13H21NO2S/c1-5-16-7-6-14(4)17-13-10(2)8-12(15)9-11(13)3/h8-9,15H,5-7H2,1-4H3. The highest BCUT2D eigenvalue weighted by Crippen LogP contribution is 2.31. The number of rotatable bonds is 6. The van der Waals surface area contributed by atoms with Crippen molar-refractivity contribution in [2.75, 3.05) is 26.8 Å². The minimum atomic E-state index is 0.335. The Morgan fingerprint density at radius 3 is 2.41 bits per heavy atom. The Morgan fingerprint density at radius 1 is 1.29 bits per heavy atom. The highest BCUT2D eigenvalue weighted by Gasteiger charge is 2.08. The van der Waals surface area contributed by atoms with Gasteiger partial charge in [0.15, 0.2) is 0 Å². The van der Waals surface area contributed by atoms with Crippen molar-refractivity contribution in [3.8, 4) is 5.75 Å². The smallest absolute Gasteiger partial charge is 0.116 e. The van der Waals surface area contributed by atoms with Gasteiger partial charge >= 0.3 is 0 Å². The molecule has 1 N–H and O–H groups in total. The molecule has 1 rings (SSSR count). The second-order valence-corrected chi connectivity index (χ2v) is 5.26. The van der Waals surface area contributed by atoms with Gasteiger partial charge in [0.25, 0.3) is 0 Å². The largest absolute Gasteiger partial charge is 0.508 e. The van der Waals surface area contributed by atoms with Crippen LogP contribution in [0.2, 0.25) is 0 Å². The van der Waals surface area contributed by atoms with Crippen molar-refractivity contribution in [1.29, 1.82) is 0 Å². The van der Waals surface area contributed by atoms with Crippen LogP contribution >= 0.6 is 11.9 Å². The van der Waals surface area contributed by atoms with E-state index in [2.05, 4.69) is 11.4 Å². The number of phenolic OH excluding ortho intramolecular Hbond substituents is 1. The molecule has 0 unspecified atom stereocenters. The number of benzene rings is 1. The third-order valence-electron chi connectivity index (χ3n) is 2.45. The van der Waals surface area contributed by atoms with Gasteiger partial charge in [-0.15, -0.1) is 0 Å². The second-order valence-electron chi connectivity index (χ2n) is 4.05. The summed E-state index contributed by atoms with van der Waals surface area (Å²) in [5.41, 5.74) is 2.21. The average molecular weight is 255 g/mol. The Kier molecular flexibility index (Phi) is 5.82. The number of aryl methyl sites for hydroxylation is 2. The van der Waals surface area contributed by atoms with Crippen LogP contribution in [-0.4, -0.2) is 36.2 Å². The maximum absolute atomic E-state index is 9.48. The van der Waals surface area contributed by atoms with Crippen molar-refractivity contribution < 1.29 is 9.84 Å². The summed E-state index contributed by atoms with van der Waals surface area (Å²) in [6.45, 7) is 8.43. The van der Waals surface area contributed by atoms with E-state index in [-0.39, 0.29) is 0 Å². The van der Waals surface area contributed by atoms with Gasteiger partial charge in [0, 0.05) is 18.0 Å². The van der Waals surface area contributed by atoms with Crippen LogP contribution in [0.5, 0.6) is 5.75 Å². The predicted molar refractivity (Wildman–Crippen MR) is 72.6 cm³/mol. The molecule has 0 aliphatic heterocycles. The monoisotopic (exact) mass is 255 g/mol. The first-order chi connectivity index (χ1) is 8.04. The number of likely N-dealkylation sites (N-methyl/N-ethyl adjacent to an activating group) is 1. The fourth-order valence-electron chi connectivity index (χ4n) is 1.61. The van der Waals surface area contributed by atoms with E-state index >= 15 is 0 Å². The number of hydrogen-bond donors (Lipinski definition) is 1. The van der Waals surface area contributed by atoms with Gasteiger partial charge in [-0.25, -0.2) is 4.31 Å². The Bertz CT molecular complexity index is 345. The molecule has 17 heavy (non-hydrogen) atoms. The lowest BCUT2D eigenvalue weighted by Crippen LogP contribution is -2.16. The molecule has 4 heteroatoms. The summed E-state index contributed by atoms with van der Waals surface area (Å²) in [5, 5.41) is 9.48. The number of hydrogen-bond acceptors (Lipinski definition) is 4. The van der Waals surface area contributed by atoms with Crippen molar-refractivity contribution in [2.24, 2.45) is 0 Å². The molecule has 0 fully saturated rings. The van der Waals surface area contributed by atoms with Crippen molar-refractivity contribution in [1.82, 2.24) is 4.31 Å². The molecule has 1 aromatic carbocycles. The van der Waals surface area contributed by atoms with Crippen LogP contribution in [0.3, 0.4) is 0 Å². The van der Waals surface area contributed by atoms with Crippen molar-refractivity contribution in [2.45, 2.75) is 25.7 Å². The molecule has 1 aromatic rings. The van der Waals surface area contributed by atoms with Crippen molar-refractivity contribution in [3.05, 3.63) is 23.3 Å². The normalized spacial score (nSPS) is 11.1. The lowest BCUT2D eigenvalue weighted by atomic mass is 10.1. The number of aromatic hydroxyl groups is 1. The zero-order chi connectivity index (χ0) is 12.8. The second kappa shape index (κ2) is 6.89. The summed E-state index contributed by atoms with van der Waals surface area (Å²) in [7, 11) is 2.05. The molecule has 0 aliphatic carbocycles. The highest BCUT2D eigenvalue weighted by atomic mass is 32.2.